The molecule has 0 unspecified atom stereocenters. The van der Waals surface area contributed by atoms with E-state index in [1.807, 2.05) is 0 Å². The van der Waals surface area contributed by atoms with E-state index < -0.39 is 0 Å². The zero-order chi connectivity index (χ0) is 13.0. The first-order valence-corrected chi connectivity index (χ1v) is 6.52. The zero-order valence-corrected chi connectivity index (χ0v) is 11.4. The Balaban J connectivity index is 2.07. The maximum atomic E-state index is 2.28. The lowest BCUT2D eigenvalue weighted by Gasteiger charge is -2.20. The van der Waals surface area contributed by atoms with Crippen LogP contribution in [0.1, 0.15) is 30.9 Å². The maximum absolute atomic E-state index is 2.28. The van der Waals surface area contributed by atoms with Crippen LogP contribution in [0.4, 0.5) is 5.69 Å². The first-order valence-electron chi connectivity index (χ1n) is 6.52. The highest BCUT2D eigenvalue weighted by molar-refractivity contribution is 5.47. The van der Waals surface area contributed by atoms with Crippen LogP contribution in [-0.4, -0.2) is 7.05 Å². The predicted molar refractivity (Wildman–Crippen MR) is 79.1 cm³/mol. The SMILES string of the molecule is CC(C)c1ccc(N(C)Cc2ccccc2)cc1. The fourth-order valence-electron chi connectivity index (χ4n) is 2.06. The summed E-state index contributed by atoms with van der Waals surface area (Å²) in [5, 5.41) is 0. The summed E-state index contributed by atoms with van der Waals surface area (Å²) in [4.78, 5) is 2.28. The highest BCUT2D eigenvalue weighted by atomic mass is 15.1. The van der Waals surface area contributed by atoms with Gasteiger partial charge in [0.15, 0.2) is 0 Å². The molecule has 0 N–H and O–H groups in total. The molecule has 2 aromatic carbocycles. The van der Waals surface area contributed by atoms with Gasteiger partial charge in [0.2, 0.25) is 0 Å². The minimum atomic E-state index is 0.596. The third-order valence-corrected chi connectivity index (χ3v) is 3.26. The van der Waals surface area contributed by atoms with E-state index >= 15 is 0 Å². The molecule has 0 bridgehead atoms. The lowest BCUT2D eigenvalue weighted by atomic mass is 10.0. The average Bonchev–Trinajstić information content (AvgIpc) is 2.40. The monoisotopic (exact) mass is 239 g/mol. The van der Waals surface area contributed by atoms with E-state index in [9.17, 15) is 0 Å². The van der Waals surface area contributed by atoms with Gasteiger partial charge in [0.05, 0.1) is 0 Å². The van der Waals surface area contributed by atoms with Gasteiger partial charge in [0.1, 0.15) is 0 Å². The van der Waals surface area contributed by atoms with Gasteiger partial charge in [-0.3, -0.25) is 0 Å². The summed E-state index contributed by atoms with van der Waals surface area (Å²) in [5.41, 5.74) is 4.00. The molecule has 1 nitrogen and oxygen atoms in total. The van der Waals surface area contributed by atoms with Gasteiger partial charge in [-0.15, -0.1) is 0 Å². The van der Waals surface area contributed by atoms with E-state index in [0.717, 1.165) is 6.54 Å². The van der Waals surface area contributed by atoms with E-state index in [2.05, 4.69) is 80.4 Å². The molecular formula is C17H21N. The molecule has 2 rings (SSSR count). The zero-order valence-electron chi connectivity index (χ0n) is 11.4. The van der Waals surface area contributed by atoms with Crippen molar-refractivity contribution in [2.45, 2.75) is 26.3 Å². The average molecular weight is 239 g/mol. The number of hydrogen-bond donors (Lipinski definition) is 0. The van der Waals surface area contributed by atoms with Crippen molar-refractivity contribution < 1.29 is 0 Å². The van der Waals surface area contributed by atoms with E-state index in [1.54, 1.807) is 0 Å². The van der Waals surface area contributed by atoms with Crippen molar-refractivity contribution in [2.75, 3.05) is 11.9 Å². The lowest BCUT2D eigenvalue weighted by molar-refractivity contribution is 0.863. The maximum Gasteiger partial charge on any atom is 0.0426 e. The summed E-state index contributed by atoms with van der Waals surface area (Å²) >= 11 is 0. The van der Waals surface area contributed by atoms with Gasteiger partial charge in [-0.2, -0.15) is 0 Å². The smallest absolute Gasteiger partial charge is 0.0426 e. The molecule has 0 fully saturated rings. The molecule has 1 heteroatoms. The number of benzene rings is 2. The van der Waals surface area contributed by atoms with Crippen LogP contribution < -0.4 is 4.90 Å². The van der Waals surface area contributed by atoms with Crippen LogP contribution in [0.15, 0.2) is 54.6 Å². The highest BCUT2D eigenvalue weighted by Crippen LogP contribution is 2.20. The van der Waals surface area contributed by atoms with Gasteiger partial charge in [0.25, 0.3) is 0 Å². The van der Waals surface area contributed by atoms with Crippen molar-refractivity contribution >= 4 is 5.69 Å². The van der Waals surface area contributed by atoms with Crippen molar-refractivity contribution in [1.82, 2.24) is 0 Å². The summed E-state index contributed by atoms with van der Waals surface area (Å²) in [6.07, 6.45) is 0. The summed E-state index contributed by atoms with van der Waals surface area (Å²) in [6.45, 7) is 5.40. The second-order valence-electron chi connectivity index (χ2n) is 5.09. The van der Waals surface area contributed by atoms with Crippen molar-refractivity contribution in [1.29, 1.82) is 0 Å². The van der Waals surface area contributed by atoms with Gasteiger partial charge in [-0.1, -0.05) is 56.3 Å². The molecule has 0 spiro atoms. The van der Waals surface area contributed by atoms with Crippen molar-refractivity contribution in [3.63, 3.8) is 0 Å². The van der Waals surface area contributed by atoms with Crippen LogP contribution in [0, 0.1) is 0 Å². The Morgan fingerprint density at radius 2 is 1.50 bits per heavy atom. The first-order chi connectivity index (χ1) is 8.66. The normalized spacial score (nSPS) is 10.7. The predicted octanol–water partition coefficient (Wildman–Crippen LogP) is 4.45. The van der Waals surface area contributed by atoms with Crippen LogP contribution in [0.5, 0.6) is 0 Å². The molecular weight excluding hydrogens is 218 g/mol. The Kier molecular flexibility index (Phi) is 4.03. The van der Waals surface area contributed by atoms with Crippen molar-refractivity contribution in [2.24, 2.45) is 0 Å². The van der Waals surface area contributed by atoms with Gasteiger partial charge >= 0.3 is 0 Å². The molecule has 0 saturated heterocycles. The second kappa shape index (κ2) is 5.72. The Labute approximate surface area is 110 Å². The third-order valence-electron chi connectivity index (χ3n) is 3.26. The minimum Gasteiger partial charge on any atom is -0.370 e. The van der Waals surface area contributed by atoms with Gasteiger partial charge in [-0.25, -0.2) is 0 Å². The minimum absolute atomic E-state index is 0.596. The molecule has 0 heterocycles. The molecule has 0 aliphatic carbocycles. The third kappa shape index (κ3) is 3.13. The summed E-state index contributed by atoms with van der Waals surface area (Å²) in [6, 6.07) is 19.4. The Hall–Kier alpha value is -1.76. The fourth-order valence-corrected chi connectivity index (χ4v) is 2.06. The molecule has 2 aromatic rings. The van der Waals surface area contributed by atoms with Crippen LogP contribution in [0.2, 0.25) is 0 Å². The van der Waals surface area contributed by atoms with Crippen LogP contribution in [-0.2, 0) is 6.54 Å². The molecule has 0 amide bonds. The molecule has 0 radical (unpaired) electrons. The number of nitrogens with zero attached hydrogens (tertiary/aromatic N) is 1. The van der Waals surface area contributed by atoms with Crippen LogP contribution >= 0.6 is 0 Å². The van der Waals surface area contributed by atoms with E-state index in [0.29, 0.717) is 5.92 Å². The quantitative estimate of drug-likeness (QED) is 0.762. The standard InChI is InChI=1S/C17H21N/c1-14(2)16-9-11-17(12-10-16)18(3)13-15-7-5-4-6-8-15/h4-12,14H,13H2,1-3H3. The fraction of sp³-hybridized carbons (Fsp3) is 0.294. The Morgan fingerprint density at radius 1 is 0.889 bits per heavy atom. The van der Waals surface area contributed by atoms with Crippen LogP contribution in [0.3, 0.4) is 0 Å². The second-order valence-corrected chi connectivity index (χ2v) is 5.09. The summed E-state index contributed by atoms with van der Waals surface area (Å²) in [7, 11) is 2.14. The summed E-state index contributed by atoms with van der Waals surface area (Å²) < 4.78 is 0. The van der Waals surface area contributed by atoms with Crippen molar-refractivity contribution in [3.05, 3.63) is 65.7 Å². The van der Waals surface area contributed by atoms with Gasteiger partial charge in [0, 0.05) is 19.3 Å². The van der Waals surface area contributed by atoms with Crippen LogP contribution in [0.25, 0.3) is 0 Å². The van der Waals surface area contributed by atoms with Gasteiger partial charge < -0.3 is 4.90 Å². The Morgan fingerprint density at radius 3 is 2.06 bits per heavy atom. The molecule has 0 aromatic heterocycles. The topological polar surface area (TPSA) is 3.24 Å². The molecule has 0 saturated carbocycles. The number of rotatable bonds is 4. The molecule has 0 atom stereocenters. The molecule has 18 heavy (non-hydrogen) atoms. The van der Waals surface area contributed by atoms with E-state index in [-0.39, 0.29) is 0 Å². The largest absolute Gasteiger partial charge is 0.370 e. The number of anilines is 1. The lowest BCUT2D eigenvalue weighted by Crippen LogP contribution is -2.16. The Bertz CT molecular complexity index is 471. The first kappa shape index (κ1) is 12.7. The molecule has 94 valence electrons. The molecule has 0 aliphatic rings. The van der Waals surface area contributed by atoms with Crippen molar-refractivity contribution in [3.8, 4) is 0 Å². The van der Waals surface area contributed by atoms with E-state index in [1.165, 1.54) is 16.8 Å². The number of hydrogen-bond acceptors (Lipinski definition) is 1. The van der Waals surface area contributed by atoms with Gasteiger partial charge in [-0.05, 0) is 29.2 Å². The van der Waals surface area contributed by atoms with E-state index in [4.69, 9.17) is 0 Å². The highest BCUT2D eigenvalue weighted by Gasteiger charge is 2.03. The molecule has 0 aliphatic heterocycles. The summed E-state index contributed by atoms with van der Waals surface area (Å²) in [5.74, 6) is 0.596.